The molecule has 0 spiro atoms. The molecule has 0 fully saturated rings. The van der Waals surface area contributed by atoms with Crippen molar-refractivity contribution in [2.75, 3.05) is 19.6 Å². The first kappa shape index (κ1) is 24.6. The zero-order chi connectivity index (χ0) is 22.4. The van der Waals surface area contributed by atoms with Crippen molar-refractivity contribution in [1.29, 1.82) is 0 Å². The van der Waals surface area contributed by atoms with Gasteiger partial charge in [-0.25, -0.2) is 13.1 Å². The Kier molecular flexibility index (Phi) is 8.64. The highest BCUT2D eigenvalue weighted by Gasteiger charge is 2.30. The zero-order valence-electron chi connectivity index (χ0n) is 19.4. The van der Waals surface area contributed by atoms with Gasteiger partial charge in [-0.1, -0.05) is 65.0 Å². The molecule has 0 aliphatic heterocycles. The summed E-state index contributed by atoms with van der Waals surface area (Å²) >= 11 is 0. The van der Waals surface area contributed by atoms with Gasteiger partial charge in [0.1, 0.15) is 4.90 Å². The molecule has 1 aromatic heterocycles. The third-order valence-corrected chi connectivity index (χ3v) is 6.87. The molecule has 1 unspecified atom stereocenters. The van der Waals surface area contributed by atoms with Gasteiger partial charge in [0.05, 0.1) is 12.2 Å². The summed E-state index contributed by atoms with van der Waals surface area (Å²) in [5.74, 6) is 0. The van der Waals surface area contributed by atoms with Gasteiger partial charge in [0, 0.05) is 17.7 Å². The Labute approximate surface area is 182 Å². The summed E-state index contributed by atoms with van der Waals surface area (Å²) in [4.78, 5) is 2.63. The summed E-state index contributed by atoms with van der Waals surface area (Å²) in [5, 5.41) is 4.65. The van der Waals surface area contributed by atoms with Crippen LogP contribution in [0.25, 0.3) is 0 Å². The van der Waals surface area contributed by atoms with E-state index in [0.717, 1.165) is 38.0 Å². The molecule has 168 valence electrons. The van der Waals surface area contributed by atoms with Gasteiger partial charge in [0.2, 0.25) is 10.0 Å². The highest BCUT2D eigenvalue weighted by molar-refractivity contribution is 7.89. The molecule has 2 aromatic rings. The highest BCUT2D eigenvalue weighted by atomic mass is 32.2. The number of sulfonamides is 1. The summed E-state index contributed by atoms with van der Waals surface area (Å²) in [7, 11) is -3.65. The van der Waals surface area contributed by atoms with Crippen molar-refractivity contribution in [3.8, 4) is 0 Å². The SMILES string of the molecule is CCN(CC)CCCC(C)NS(=O)(=O)c1cn(Cc2ccccc2)nc1C(C)(C)C. The number of benzene rings is 1. The van der Waals surface area contributed by atoms with Crippen molar-refractivity contribution < 1.29 is 8.42 Å². The molecular formula is C23H38N4O2S. The standard InChI is InChI=1S/C23H38N4O2S/c1-7-26(8-2)16-12-13-19(3)25-30(28,29)21-18-27(24-22(21)23(4,5)6)17-20-14-10-9-11-15-20/h9-11,14-15,18-19,25H,7-8,12-13,16-17H2,1-6H3. The van der Waals surface area contributed by atoms with E-state index >= 15 is 0 Å². The van der Waals surface area contributed by atoms with E-state index in [0.29, 0.717) is 12.2 Å². The van der Waals surface area contributed by atoms with Crippen molar-refractivity contribution in [1.82, 2.24) is 19.4 Å². The van der Waals surface area contributed by atoms with Gasteiger partial charge in [-0.05, 0) is 45.0 Å². The predicted octanol–water partition coefficient (Wildman–Crippen LogP) is 4.02. The van der Waals surface area contributed by atoms with Gasteiger partial charge >= 0.3 is 0 Å². The van der Waals surface area contributed by atoms with E-state index in [9.17, 15) is 8.42 Å². The Morgan fingerprint density at radius 2 is 1.77 bits per heavy atom. The second-order valence-corrected chi connectivity index (χ2v) is 10.6. The highest BCUT2D eigenvalue weighted by Crippen LogP contribution is 2.28. The number of hydrogen-bond donors (Lipinski definition) is 1. The molecule has 30 heavy (non-hydrogen) atoms. The second kappa shape index (κ2) is 10.6. The van der Waals surface area contributed by atoms with Gasteiger partial charge in [0.25, 0.3) is 0 Å². The van der Waals surface area contributed by atoms with Crippen LogP contribution >= 0.6 is 0 Å². The molecule has 0 radical (unpaired) electrons. The molecule has 1 N–H and O–H groups in total. The van der Waals surface area contributed by atoms with Crippen molar-refractivity contribution in [3.63, 3.8) is 0 Å². The van der Waals surface area contributed by atoms with Crippen LogP contribution in [0.5, 0.6) is 0 Å². The average molecular weight is 435 g/mol. The van der Waals surface area contributed by atoms with Crippen LogP contribution in [-0.4, -0.2) is 48.8 Å². The number of hydrogen-bond acceptors (Lipinski definition) is 4. The summed E-state index contributed by atoms with van der Waals surface area (Å²) in [5.41, 5.74) is 1.31. The van der Waals surface area contributed by atoms with E-state index in [-0.39, 0.29) is 16.4 Å². The second-order valence-electron chi connectivity index (χ2n) is 8.97. The summed E-state index contributed by atoms with van der Waals surface area (Å²) < 4.78 is 31.0. The largest absolute Gasteiger partial charge is 0.304 e. The van der Waals surface area contributed by atoms with Crippen molar-refractivity contribution in [2.24, 2.45) is 0 Å². The average Bonchev–Trinajstić information content (AvgIpc) is 3.11. The molecule has 0 saturated carbocycles. The van der Waals surface area contributed by atoms with Crippen molar-refractivity contribution in [2.45, 2.75) is 77.3 Å². The fourth-order valence-electron chi connectivity index (χ4n) is 3.52. The molecular weight excluding hydrogens is 396 g/mol. The van der Waals surface area contributed by atoms with Gasteiger partial charge < -0.3 is 4.90 Å². The topological polar surface area (TPSA) is 67.2 Å². The fraction of sp³-hybridized carbons (Fsp3) is 0.609. The Balaban J connectivity index is 2.16. The third kappa shape index (κ3) is 6.93. The van der Waals surface area contributed by atoms with Crippen molar-refractivity contribution in [3.05, 3.63) is 47.8 Å². The first-order valence-electron chi connectivity index (χ1n) is 10.9. The smallest absolute Gasteiger partial charge is 0.244 e. The lowest BCUT2D eigenvalue weighted by atomic mass is 9.92. The van der Waals surface area contributed by atoms with Crippen LogP contribution in [0.3, 0.4) is 0 Å². The van der Waals surface area contributed by atoms with Crippen LogP contribution < -0.4 is 4.72 Å². The first-order valence-corrected chi connectivity index (χ1v) is 12.4. The van der Waals surface area contributed by atoms with E-state index in [1.54, 1.807) is 10.9 Å². The van der Waals surface area contributed by atoms with Gasteiger partial charge in [-0.2, -0.15) is 5.10 Å². The first-order chi connectivity index (χ1) is 14.1. The van der Waals surface area contributed by atoms with Gasteiger partial charge in [0.15, 0.2) is 0 Å². The molecule has 2 rings (SSSR count). The van der Waals surface area contributed by atoms with Crippen LogP contribution in [0.2, 0.25) is 0 Å². The fourth-order valence-corrected chi connectivity index (χ4v) is 5.16. The van der Waals surface area contributed by atoms with E-state index in [2.05, 4.69) is 28.6 Å². The minimum atomic E-state index is -3.65. The van der Waals surface area contributed by atoms with Crippen LogP contribution in [0.15, 0.2) is 41.4 Å². The van der Waals surface area contributed by atoms with Crippen molar-refractivity contribution >= 4 is 10.0 Å². The molecule has 0 amide bonds. The van der Waals surface area contributed by atoms with E-state index in [4.69, 9.17) is 0 Å². The number of rotatable bonds is 11. The molecule has 0 bridgehead atoms. The Morgan fingerprint density at radius 1 is 1.13 bits per heavy atom. The monoisotopic (exact) mass is 434 g/mol. The molecule has 0 aliphatic rings. The van der Waals surface area contributed by atoms with E-state index in [1.165, 1.54) is 0 Å². The zero-order valence-corrected chi connectivity index (χ0v) is 20.2. The van der Waals surface area contributed by atoms with Gasteiger partial charge in [-0.3, -0.25) is 4.68 Å². The minimum absolute atomic E-state index is 0.129. The Hall–Kier alpha value is -1.70. The maximum absolute atomic E-state index is 13.2. The van der Waals surface area contributed by atoms with Crippen LogP contribution in [0.1, 0.15) is 65.6 Å². The molecule has 7 heteroatoms. The van der Waals surface area contributed by atoms with Crippen LogP contribution in [0.4, 0.5) is 0 Å². The molecule has 0 aliphatic carbocycles. The Bertz CT molecular complexity index is 882. The summed E-state index contributed by atoms with van der Waals surface area (Å²) in [6.07, 6.45) is 3.43. The molecule has 1 heterocycles. The molecule has 6 nitrogen and oxygen atoms in total. The summed E-state index contributed by atoms with van der Waals surface area (Å²) in [6, 6.07) is 9.82. The molecule has 1 aromatic carbocycles. The van der Waals surface area contributed by atoms with Crippen LogP contribution in [0, 0.1) is 0 Å². The van der Waals surface area contributed by atoms with E-state index < -0.39 is 10.0 Å². The normalized spacial score (nSPS) is 13.7. The lowest BCUT2D eigenvalue weighted by Gasteiger charge is -2.21. The third-order valence-electron chi connectivity index (χ3n) is 5.28. The number of nitrogens with one attached hydrogen (secondary N) is 1. The molecule has 0 saturated heterocycles. The maximum Gasteiger partial charge on any atom is 0.244 e. The van der Waals surface area contributed by atoms with E-state index in [1.807, 2.05) is 58.0 Å². The van der Waals surface area contributed by atoms with Gasteiger partial charge in [-0.15, -0.1) is 0 Å². The van der Waals surface area contributed by atoms with Crippen LogP contribution in [-0.2, 0) is 22.0 Å². The summed E-state index contributed by atoms with van der Waals surface area (Å²) in [6.45, 7) is 15.8. The molecule has 1 atom stereocenters. The minimum Gasteiger partial charge on any atom is -0.304 e. The lowest BCUT2D eigenvalue weighted by molar-refractivity contribution is 0.293. The number of nitrogens with zero attached hydrogens (tertiary/aromatic N) is 3. The maximum atomic E-state index is 13.2. The quantitative estimate of drug-likeness (QED) is 0.580. The predicted molar refractivity (Wildman–Crippen MR) is 123 cm³/mol. The Morgan fingerprint density at radius 3 is 2.33 bits per heavy atom. The number of aromatic nitrogens is 2. The lowest BCUT2D eigenvalue weighted by Crippen LogP contribution is -2.34.